The third-order valence-corrected chi connectivity index (χ3v) is 5.68. The van der Waals surface area contributed by atoms with Gasteiger partial charge in [0.05, 0.1) is 11.6 Å². The van der Waals surface area contributed by atoms with Crippen molar-refractivity contribution < 1.29 is 9.90 Å². The number of halogens is 1. The number of rotatable bonds is 1. The van der Waals surface area contributed by atoms with Crippen LogP contribution in [0.2, 0.25) is 0 Å². The average molecular weight is 303 g/mol. The maximum atomic E-state index is 12.7. The Morgan fingerprint density at radius 1 is 1.10 bits per heavy atom. The number of piperidine rings is 1. The van der Waals surface area contributed by atoms with E-state index in [2.05, 4.69) is 0 Å². The maximum absolute atomic E-state index is 12.7. The first kappa shape index (κ1) is 16.1. The first-order valence-electron chi connectivity index (χ1n) is 7.82. The van der Waals surface area contributed by atoms with E-state index in [4.69, 9.17) is 5.73 Å². The van der Waals surface area contributed by atoms with Gasteiger partial charge in [-0.2, -0.15) is 0 Å². The number of amides is 1. The third kappa shape index (κ3) is 2.58. The van der Waals surface area contributed by atoms with Crippen LogP contribution in [0.1, 0.15) is 57.8 Å². The van der Waals surface area contributed by atoms with Crippen LogP contribution in [0, 0.1) is 5.41 Å². The van der Waals surface area contributed by atoms with E-state index in [0.29, 0.717) is 0 Å². The fourth-order valence-corrected chi connectivity index (χ4v) is 4.46. The number of aliphatic hydroxyl groups excluding tert-OH is 1. The molecule has 1 aliphatic heterocycles. The highest BCUT2D eigenvalue weighted by atomic mass is 35.5. The molecule has 0 aromatic rings. The Morgan fingerprint density at radius 2 is 1.75 bits per heavy atom. The molecule has 0 aromatic heterocycles. The number of carbonyl (C=O) groups excluding carboxylic acids is 1. The molecule has 3 N–H and O–H groups in total. The summed E-state index contributed by atoms with van der Waals surface area (Å²) in [5.74, 6) is 0.142. The van der Waals surface area contributed by atoms with Gasteiger partial charge in [0.2, 0.25) is 5.91 Å². The standard InChI is InChI=1S/C15H26N2O2.ClH/c16-15(8-1-2-9-15)13(19)17-10-4-7-14(11-17)6-3-5-12(14)18;/h12,18H,1-11,16H2;1H/t12-,14-;/m1./s1. The highest BCUT2D eigenvalue weighted by Gasteiger charge is 2.48. The molecule has 0 radical (unpaired) electrons. The second kappa shape index (κ2) is 5.82. The zero-order valence-corrected chi connectivity index (χ0v) is 13.0. The summed E-state index contributed by atoms with van der Waals surface area (Å²) in [6.45, 7) is 1.55. The number of nitrogens with two attached hydrogens (primary N) is 1. The van der Waals surface area contributed by atoms with Gasteiger partial charge in [-0.25, -0.2) is 0 Å². The minimum atomic E-state index is -0.609. The summed E-state index contributed by atoms with van der Waals surface area (Å²) in [6, 6.07) is 0. The SMILES string of the molecule is Cl.NC1(C(=O)N2CCC[C@]3(CCC[C@H]3O)C2)CCCC1. The molecule has 3 rings (SSSR count). The molecule has 3 aliphatic rings. The number of aliphatic hydroxyl groups is 1. The quantitative estimate of drug-likeness (QED) is 0.776. The van der Waals surface area contributed by atoms with Gasteiger partial charge >= 0.3 is 0 Å². The Kier molecular flexibility index (Phi) is 4.67. The molecule has 2 atom stereocenters. The molecule has 2 saturated carbocycles. The smallest absolute Gasteiger partial charge is 0.242 e. The van der Waals surface area contributed by atoms with Crippen molar-refractivity contribution in [2.24, 2.45) is 11.1 Å². The summed E-state index contributed by atoms with van der Waals surface area (Å²) in [4.78, 5) is 14.6. The van der Waals surface area contributed by atoms with Gasteiger partial charge in [-0.1, -0.05) is 19.3 Å². The predicted molar refractivity (Wildman–Crippen MR) is 80.7 cm³/mol. The van der Waals surface area contributed by atoms with Crippen molar-refractivity contribution >= 4 is 18.3 Å². The third-order valence-electron chi connectivity index (χ3n) is 5.68. The van der Waals surface area contributed by atoms with E-state index in [0.717, 1.165) is 70.9 Å². The van der Waals surface area contributed by atoms with Crippen molar-refractivity contribution in [3.05, 3.63) is 0 Å². The number of nitrogens with zero attached hydrogens (tertiary/aromatic N) is 1. The van der Waals surface area contributed by atoms with Crippen LogP contribution in [0.5, 0.6) is 0 Å². The van der Waals surface area contributed by atoms with Crippen LogP contribution in [0.4, 0.5) is 0 Å². The summed E-state index contributed by atoms with van der Waals surface area (Å²) in [5, 5.41) is 10.3. The van der Waals surface area contributed by atoms with Crippen molar-refractivity contribution in [2.45, 2.75) is 69.4 Å². The molecule has 4 nitrogen and oxygen atoms in total. The molecule has 1 amide bonds. The topological polar surface area (TPSA) is 66.6 Å². The fraction of sp³-hybridized carbons (Fsp3) is 0.933. The Hall–Kier alpha value is -0.320. The van der Waals surface area contributed by atoms with Crippen molar-refractivity contribution in [2.75, 3.05) is 13.1 Å². The Bertz CT molecular complexity index is 371. The Labute approximate surface area is 127 Å². The molecule has 3 fully saturated rings. The van der Waals surface area contributed by atoms with Crippen LogP contribution in [-0.4, -0.2) is 40.6 Å². The van der Waals surface area contributed by atoms with Crippen LogP contribution in [0.3, 0.4) is 0 Å². The molecular formula is C15H27ClN2O2. The van der Waals surface area contributed by atoms with Gasteiger partial charge in [-0.15, -0.1) is 12.4 Å². The van der Waals surface area contributed by atoms with Crippen LogP contribution >= 0.6 is 12.4 Å². The number of likely N-dealkylation sites (tertiary alicyclic amines) is 1. The summed E-state index contributed by atoms with van der Waals surface area (Å²) >= 11 is 0. The number of hydrogen-bond acceptors (Lipinski definition) is 3. The lowest BCUT2D eigenvalue weighted by Crippen LogP contribution is -2.58. The first-order chi connectivity index (χ1) is 9.06. The summed E-state index contributed by atoms with van der Waals surface area (Å²) in [5.41, 5.74) is 5.67. The van der Waals surface area contributed by atoms with Crippen molar-refractivity contribution in [3.63, 3.8) is 0 Å². The van der Waals surface area contributed by atoms with Crippen LogP contribution in [-0.2, 0) is 4.79 Å². The van der Waals surface area contributed by atoms with Gasteiger partial charge in [-0.3, -0.25) is 4.79 Å². The molecule has 2 aliphatic carbocycles. The lowest BCUT2D eigenvalue weighted by molar-refractivity contribution is -0.142. The summed E-state index contributed by atoms with van der Waals surface area (Å²) in [7, 11) is 0. The molecule has 0 unspecified atom stereocenters. The van der Waals surface area contributed by atoms with Crippen molar-refractivity contribution in [3.8, 4) is 0 Å². The minimum absolute atomic E-state index is 0. The minimum Gasteiger partial charge on any atom is -0.392 e. The highest BCUT2D eigenvalue weighted by Crippen LogP contribution is 2.45. The van der Waals surface area contributed by atoms with Crippen molar-refractivity contribution in [1.82, 2.24) is 4.90 Å². The van der Waals surface area contributed by atoms with Gasteiger partial charge in [0, 0.05) is 18.5 Å². The Balaban J connectivity index is 0.00000147. The highest BCUT2D eigenvalue weighted by molar-refractivity contribution is 5.86. The van der Waals surface area contributed by atoms with Gasteiger partial charge < -0.3 is 15.7 Å². The van der Waals surface area contributed by atoms with E-state index in [-0.39, 0.29) is 29.8 Å². The second-order valence-corrected chi connectivity index (χ2v) is 6.96. The summed E-state index contributed by atoms with van der Waals surface area (Å²) < 4.78 is 0. The number of hydrogen-bond donors (Lipinski definition) is 2. The first-order valence-corrected chi connectivity index (χ1v) is 7.82. The van der Waals surface area contributed by atoms with Crippen molar-refractivity contribution in [1.29, 1.82) is 0 Å². The van der Waals surface area contributed by atoms with Crippen LogP contribution in [0.25, 0.3) is 0 Å². The van der Waals surface area contributed by atoms with E-state index in [9.17, 15) is 9.90 Å². The van der Waals surface area contributed by atoms with Gasteiger partial charge in [0.1, 0.15) is 0 Å². The average Bonchev–Trinajstić information content (AvgIpc) is 2.98. The number of carbonyl (C=O) groups is 1. The van der Waals surface area contributed by atoms with E-state index < -0.39 is 5.54 Å². The maximum Gasteiger partial charge on any atom is 0.242 e. The van der Waals surface area contributed by atoms with Gasteiger partial charge in [-0.05, 0) is 38.5 Å². The molecule has 1 saturated heterocycles. The molecular weight excluding hydrogens is 276 g/mol. The van der Waals surface area contributed by atoms with E-state index in [1.165, 1.54) is 0 Å². The monoisotopic (exact) mass is 302 g/mol. The van der Waals surface area contributed by atoms with Crippen LogP contribution < -0.4 is 5.73 Å². The normalized spacial score (nSPS) is 36.1. The molecule has 0 bridgehead atoms. The predicted octanol–water partition coefficient (Wildman–Crippen LogP) is 1.83. The van der Waals surface area contributed by atoms with Gasteiger partial charge in [0.15, 0.2) is 0 Å². The second-order valence-electron chi connectivity index (χ2n) is 6.96. The lowest BCUT2D eigenvalue weighted by atomic mass is 9.76. The molecule has 116 valence electrons. The Morgan fingerprint density at radius 3 is 2.35 bits per heavy atom. The van der Waals surface area contributed by atoms with E-state index >= 15 is 0 Å². The molecule has 5 heteroatoms. The zero-order valence-electron chi connectivity index (χ0n) is 12.1. The molecule has 20 heavy (non-hydrogen) atoms. The van der Waals surface area contributed by atoms with Gasteiger partial charge in [0.25, 0.3) is 0 Å². The zero-order chi connectivity index (χ0) is 13.5. The fourth-order valence-electron chi connectivity index (χ4n) is 4.46. The van der Waals surface area contributed by atoms with E-state index in [1.807, 2.05) is 4.90 Å². The van der Waals surface area contributed by atoms with E-state index in [1.54, 1.807) is 0 Å². The largest absolute Gasteiger partial charge is 0.392 e. The molecule has 0 aromatic carbocycles. The molecule has 1 spiro atoms. The lowest BCUT2D eigenvalue weighted by Gasteiger charge is -2.44. The molecule has 1 heterocycles. The summed E-state index contributed by atoms with van der Waals surface area (Å²) in [6.07, 6.45) is 8.72. The van der Waals surface area contributed by atoms with Crippen LogP contribution in [0.15, 0.2) is 0 Å².